The highest BCUT2D eigenvalue weighted by Crippen LogP contribution is 2.43. The van der Waals surface area contributed by atoms with Crippen LogP contribution in [0.5, 0.6) is 0 Å². The van der Waals surface area contributed by atoms with Gasteiger partial charge >= 0.3 is 0 Å². The third kappa shape index (κ3) is 7.36. The molecule has 0 radical (unpaired) electrons. The van der Waals surface area contributed by atoms with Gasteiger partial charge in [-0.25, -0.2) is 0 Å². The number of aldehydes is 1. The number of hydrogen-bond donors (Lipinski definition) is 2. The molecule has 2 saturated carbocycles. The summed E-state index contributed by atoms with van der Waals surface area (Å²) < 4.78 is 0.863. The minimum absolute atomic E-state index is 0.227. The average molecular weight is 559 g/mol. The molecule has 0 heterocycles. The normalized spacial score (nSPS) is 20.8. The lowest BCUT2D eigenvalue weighted by Crippen LogP contribution is -2.37. The van der Waals surface area contributed by atoms with Crippen molar-refractivity contribution in [1.82, 2.24) is 0 Å². The van der Waals surface area contributed by atoms with Gasteiger partial charge in [0.05, 0.1) is 5.41 Å². The lowest BCUT2D eigenvalue weighted by atomic mass is 9.65. The SMILES string of the molecule is CC(=O)C1(c2ccc(C3CCC(CO)CC3)cc2C)CCCCC1.CN.Cc1cccc(Br)c1C=O. The number of hydrogen-bond acceptors (Lipinski definition) is 4. The summed E-state index contributed by atoms with van der Waals surface area (Å²) in [5.74, 6) is 1.48. The molecule has 4 nitrogen and oxygen atoms in total. The Morgan fingerprint density at radius 1 is 1.03 bits per heavy atom. The maximum absolute atomic E-state index is 12.5. The first-order valence-corrected chi connectivity index (χ1v) is 14.1. The standard InChI is InChI=1S/C22H32O2.C8H7BrO.CH5N/c1-16-14-20(19-8-6-18(15-23)7-9-19)10-11-21(16)22(17(2)24)12-4-3-5-13-22;1-6-3-2-4-8(9)7(6)5-10;1-2/h10-11,14,18-19,23H,3-9,12-13,15H2,1-2H3;2-5H,1H3;2H2,1H3. The maximum Gasteiger partial charge on any atom is 0.151 e. The summed E-state index contributed by atoms with van der Waals surface area (Å²) in [6.07, 6.45) is 11.1. The zero-order valence-corrected chi connectivity index (χ0v) is 24.1. The molecule has 0 aromatic heterocycles. The Kier molecular flexibility index (Phi) is 12.5. The van der Waals surface area contributed by atoms with Crippen LogP contribution in [0.2, 0.25) is 0 Å². The molecule has 0 amide bonds. The molecule has 0 atom stereocenters. The third-order valence-electron chi connectivity index (χ3n) is 8.11. The van der Waals surface area contributed by atoms with Crippen molar-refractivity contribution in [3.63, 3.8) is 0 Å². The number of aliphatic hydroxyl groups is 1. The summed E-state index contributed by atoms with van der Waals surface area (Å²) in [6, 6.07) is 12.6. The van der Waals surface area contributed by atoms with Gasteiger partial charge in [-0.15, -0.1) is 0 Å². The van der Waals surface area contributed by atoms with E-state index in [1.54, 1.807) is 6.92 Å². The van der Waals surface area contributed by atoms with Crippen LogP contribution in [0.3, 0.4) is 0 Å². The van der Waals surface area contributed by atoms with E-state index in [-0.39, 0.29) is 5.41 Å². The minimum Gasteiger partial charge on any atom is -0.396 e. The van der Waals surface area contributed by atoms with Gasteiger partial charge in [-0.05, 0) is 106 Å². The van der Waals surface area contributed by atoms with E-state index in [2.05, 4.69) is 46.8 Å². The van der Waals surface area contributed by atoms with Crippen LogP contribution >= 0.6 is 15.9 Å². The molecular weight excluding hydrogens is 514 g/mol. The Morgan fingerprint density at radius 3 is 2.14 bits per heavy atom. The van der Waals surface area contributed by atoms with Crippen LogP contribution in [0.1, 0.15) is 103 Å². The lowest BCUT2D eigenvalue weighted by Gasteiger charge is -2.37. The molecule has 0 aliphatic heterocycles. The fourth-order valence-electron chi connectivity index (χ4n) is 5.92. The molecule has 0 saturated heterocycles. The molecule has 2 fully saturated rings. The molecular formula is C31H44BrNO3. The Morgan fingerprint density at radius 2 is 1.67 bits per heavy atom. The first kappa shape index (κ1) is 30.4. The van der Waals surface area contributed by atoms with Crippen LogP contribution in [0.25, 0.3) is 0 Å². The van der Waals surface area contributed by atoms with Crippen molar-refractivity contribution in [2.45, 2.75) is 89.9 Å². The van der Waals surface area contributed by atoms with Crippen molar-refractivity contribution < 1.29 is 14.7 Å². The molecule has 198 valence electrons. The van der Waals surface area contributed by atoms with Crippen molar-refractivity contribution in [2.24, 2.45) is 11.7 Å². The van der Waals surface area contributed by atoms with E-state index < -0.39 is 0 Å². The number of Topliss-reactive ketones (excluding diaryl/α,β-unsaturated/α-hetero) is 1. The zero-order chi connectivity index (χ0) is 26.7. The van der Waals surface area contributed by atoms with Gasteiger partial charge in [0.1, 0.15) is 5.78 Å². The highest BCUT2D eigenvalue weighted by molar-refractivity contribution is 9.10. The number of halogens is 1. The Balaban J connectivity index is 0.000000318. The van der Waals surface area contributed by atoms with Crippen LogP contribution in [-0.2, 0) is 10.2 Å². The zero-order valence-electron chi connectivity index (χ0n) is 22.5. The molecule has 3 N–H and O–H groups in total. The summed E-state index contributed by atoms with van der Waals surface area (Å²) in [6.45, 7) is 6.23. The molecule has 0 bridgehead atoms. The Bertz CT molecular complexity index is 969. The molecule has 2 aromatic rings. The van der Waals surface area contributed by atoms with Crippen molar-refractivity contribution in [3.05, 3.63) is 68.7 Å². The van der Waals surface area contributed by atoms with Crippen LogP contribution in [-0.4, -0.2) is 30.8 Å². The number of ketones is 1. The van der Waals surface area contributed by atoms with E-state index in [1.807, 2.05) is 25.1 Å². The van der Waals surface area contributed by atoms with Crippen molar-refractivity contribution >= 4 is 28.0 Å². The minimum atomic E-state index is -0.227. The number of aryl methyl sites for hydroxylation is 2. The largest absolute Gasteiger partial charge is 0.396 e. The fraction of sp³-hybridized carbons (Fsp3) is 0.548. The second-order valence-corrected chi connectivity index (χ2v) is 11.1. The van der Waals surface area contributed by atoms with Gasteiger partial charge in [0.15, 0.2) is 6.29 Å². The van der Waals surface area contributed by atoms with Gasteiger partial charge in [-0.3, -0.25) is 9.59 Å². The van der Waals surface area contributed by atoms with Crippen molar-refractivity contribution in [3.8, 4) is 0 Å². The van der Waals surface area contributed by atoms with Gasteiger partial charge in [0.2, 0.25) is 0 Å². The van der Waals surface area contributed by atoms with E-state index in [9.17, 15) is 14.7 Å². The summed E-state index contributed by atoms with van der Waals surface area (Å²) in [5.41, 5.74) is 10.0. The average Bonchev–Trinajstić information content (AvgIpc) is 2.90. The number of rotatable bonds is 5. The van der Waals surface area contributed by atoms with E-state index >= 15 is 0 Å². The predicted octanol–water partition coefficient (Wildman–Crippen LogP) is 7.20. The molecule has 5 heteroatoms. The molecule has 4 rings (SSSR count). The predicted molar refractivity (Wildman–Crippen MR) is 153 cm³/mol. The number of carbonyl (C=O) groups is 2. The van der Waals surface area contributed by atoms with Gasteiger partial charge in [0.25, 0.3) is 0 Å². The van der Waals surface area contributed by atoms with Crippen molar-refractivity contribution in [2.75, 3.05) is 13.7 Å². The number of benzene rings is 2. The molecule has 2 aliphatic rings. The second-order valence-electron chi connectivity index (χ2n) is 10.3. The molecule has 0 unspecified atom stereocenters. The number of carbonyl (C=O) groups excluding carboxylic acids is 2. The van der Waals surface area contributed by atoms with E-state index in [0.717, 1.165) is 47.6 Å². The van der Waals surface area contributed by atoms with Gasteiger partial charge < -0.3 is 10.8 Å². The quantitative estimate of drug-likeness (QED) is 0.381. The number of aliphatic hydroxyl groups excluding tert-OH is 1. The fourth-order valence-corrected chi connectivity index (χ4v) is 6.48. The highest BCUT2D eigenvalue weighted by atomic mass is 79.9. The van der Waals surface area contributed by atoms with E-state index in [1.165, 1.54) is 55.8 Å². The van der Waals surface area contributed by atoms with E-state index in [0.29, 0.717) is 24.2 Å². The summed E-state index contributed by atoms with van der Waals surface area (Å²) in [4.78, 5) is 22.9. The topological polar surface area (TPSA) is 80.4 Å². The smallest absolute Gasteiger partial charge is 0.151 e. The van der Waals surface area contributed by atoms with Gasteiger partial charge in [0, 0.05) is 16.6 Å². The third-order valence-corrected chi connectivity index (χ3v) is 8.80. The van der Waals surface area contributed by atoms with Crippen LogP contribution in [0.4, 0.5) is 0 Å². The van der Waals surface area contributed by atoms with Crippen molar-refractivity contribution in [1.29, 1.82) is 0 Å². The molecule has 2 aliphatic carbocycles. The van der Waals surface area contributed by atoms with Crippen LogP contribution < -0.4 is 5.73 Å². The Hall–Kier alpha value is -1.82. The maximum atomic E-state index is 12.5. The lowest BCUT2D eigenvalue weighted by molar-refractivity contribution is -0.123. The molecule has 0 spiro atoms. The van der Waals surface area contributed by atoms with Gasteiger partial charge in [-0.1, -0.05) is 65.5 Å². The first-order valence-electron chi connectivity index (χ1n) is 13.3. The monoisotopic (exact) mass is 557 g/mol. The molecule has 36 heavy (non-hydrogen) atoms. The first-order chi connectivity index (χ1) is 17.3. The summed E-state index contributed by atoms with van der Waals surface area (Å²) in [5, 5.41) is 9.32. The van der Waals surface area contributed by atoms with E-state index in [4.69, 9.17) is 0 Å². The summed E-state index contributed by atoms with van der Waals surface area (Å²) >= 11 is 3.28. The summed E-state index contributed by atoms with van der Waals surface area (Å²) in [7, 11) is 1.50. The molecule has 2 aromatic carbocycles. The van der Waals surface area contributed by atoms with Gasteiger partial charge in [-0.2, -0.15) is 0 Å². The van der Waals surface area contributed by atoms with Crippen LogP contribution in [0, 0.1) is 19.8 Å². The highest BCUT2D eigenvalue weighted by Gasteiger charge is 2.39. The second kappa shape index (κ2) is 14.8. The number of nitrogens with two attached hydrogens (primary N) is 1. The van der Waals surface area contributed by atoms with Crippen LogP contribution in [0.15, 0.2) is 40.9 Å². The Labute approximate surface area is 226 Å².